The van der Waals surface area contributed by atoms with E-state index in [9.17, 15) is 14.9 Å². The number of carbonyl (C=O) groups excluding carboxylic acids is 2. The fraction of sp³-hybridized carbons (Fsp3) is 0.458. The van der Waals surface area contributed by atoms with Gasteiger partial charge in [0.2, 0.25) is 0 Å². The van der Waals surface area contributed by atoms with Crippen LogP contribution in [0.15, 0.2) is 30.3 Å². The van der Waals surface area contributed by atoms with Crippen LogP contribution in [0.3, 0.4) is 0 Å². The van der Waals surface area contributed by atoms with E-state index in [2.05, 4.69) is 17.9 Å². The first-order valence-corrected chi connectivity index (χ1v) is 11.6. The number of aryl methyl sites for hydroxylation is 2. The maximum Gasteiger partial charge on any atom is 0.348 e. The van der Waals surface area contributed by atoms with Crippen LogP contribution in [0.25, 0.3) is 0 Å². The van der Waals surface area contributed by atoms with E-state index >= 15 is 0 Å². The Morgan fingerprint density at radius 3 is 2.47 bits per heavy atom. The predicted octanol–water partition coefficient (Wildman–Crippen LogP) is 3.58. The molecule has 0 bridgehead atoms. The summed E-state index contributed by atoms with van der Waals surface area (Å²) in [5.41, 5.74) is 2.06. The number of nitriles is 1. The molecule has 1 amide bonds. The molecule has 0 radical (unpaired) electrons. The molecule has 0 spiro atoms. The van der Waals surface area contributed by atoms with Crippen LogP contribution in [0.2, 0.25) is 0 Å². The van der Waals surface area contributed by atoms with E-state index in [0.29, 0.717) is 31.1 Å². The van der Waals surface area contributed by atoms with Gasteiger partial charge < -0.3 is 14.4 Å². The lowest BCUT2D eigenvalue weighted by atomic mass is 10.1. The minimum absolute atomic E-state index is 0.210. The van der Waals surface area contributed by atoms with Gasteiger partial charge in [-0.15, -0.1) is 11.3 Å². The van der Waals surface area contributed by atoms with Gasteiger partial charge in [0.1, 0.15) is 16.7 Å². The molecule has 1 aromatic heterocycles. The first-order valence-electron chi connectivity index (χ1n) is 10.8. The van der Waals surface area contributed by atoms with Crippen molar-refractivity contribution in [1.82, 2.24) is 9.80 Å². The molecule has 1 aliphatic heterocycles. The lowest BCUT2D eigenvalue weighted by Crippen LogP contribution is -2.50. The molecule has 1 unspecified atom stereocenters. The number of rotatable bonds is 8. The SMILES string of the molecule is CCCc1cc(C(=O)OCC(=O)N2CCN(C(C#N)c3ccc(OC)cc3)CC2)sc1C. The molecule has 8 heteroatoms. The molecule has 2 heterocycles. The van der Waals surface area contributed by atoms with Crippen molar-refractivity contribution in [3.05, 3.63) is 51.2 Å². The van der Waals surface area contributed by atoms with Gasteiger partial charge in [0.15, 0.2) is 6.61 Å². The molecule has 1 atom stereocenters. The van der Waals surface area contributed by atoms with Crippen molar-refractivity contribution >= 4 is 23.2 Å². The third kappa shape index (κ3) is 5.67. The van der Waals surface area contributed by atoms with Crippen molar-refractivity contribution in [1.29, 1.82) is 5.26 Å². The number of piperazine rings is 1. The van der Waals surface area contributed by atoms with Gasteiger partial charge in [0.25, 0.3) is 5.91 Å². The van der Waals surface area contributed by atoms with Crippen LogP contribution in [0.4, 0.5) is 0 Å². The monoisotopic (exact) mass is 455 g/mol. The highest BCUT2D eigenvalue weighted by atomic mass is 32.1. The van der Waals surface area contributed by atoms with Crippen LogP contribution < -0.4 is 4.74 Å². The van der Waals surface area contributed by atoms with Gasteiger partial charge >= 0.3 is 5.97 Å². The molecule has 0 N–H and O–H groups in total. The summed E-state index contributed by atoms with van der Waals surface area (Å²) in [4.78, 5) is 30.3. The molecule has 0 aliphatic carbocycles. The normalized spacial score (nSPS) is 15.1. The van der Waals surface area contributed by atoms with Crippen molar-refractivity contribution < 1.29 is 19.1 Å². The molecule has 1 aromatic carbocycles. The van der Waals surface area contributed by atoms with E-state index in [0.717, 1.165) is 34.6 Å². The Morgan fingerprint density at radius 2 is 1.88 bits per heavy atom. The predicted molar refractivity (Wildman–Crippen MR) is 123 cm³/mol. The maximum atomic E-state index is 12.5. The number of methoxy groups -OCH3 is 1. The first kappa shape index (κ1) is 23.8. The second kappa shape index (κ2) is 11.1. The number of amides is 1. The van der Waals surface area contributed by atoms with E-state index in [1.165, 1.54) is 11.3 Å². The number of hydrogen-bond acceptors (Lipinski definition) is 7. The topological polar surface area (TPSA) is 82.9 Å². The zero-order valence-corrected chi connectivity index (χ0v) is 19.6. The van der Waals surface area contributed by atoms with Crippen molar-refractivity contribution in [2.24, 2.45) is 0 Å². The molecule has 2 aromatic rings. The van der Waals surface area contributed by atoms with Gasteiger partial charge in [-0.3, -0.25) is 9.69 Å². The third-order valence-corrected chi connectivity index (χ3v) is 6.73. The number of esters is 1. The minimum atomic E-state index is -0.448. The summed E-state index contributed by atoms with van der Waals surface area (Å²) in [5.74, 6) is 0.0872. The van der Waals surface area contributed by atoms with Crippen molar-refractivity contribution in [3.63, 3.8) is 0 Å². The van der Waals surface area contributed by atoms with E-state index in [-0.39, 0.29) is 18.6 Å². The quantitative estimate of drug-likeness (QED) is 0.566. The fourth-order valence-electron chi connectivity index (χ4n) is 3.81. The van der Waals surface area contributed by atoms with Gasteiger partial charge in [-0.2, -0.15) is 5.26 Å². The molecule has 0 saturated carbocycles. The van der Waals surface area contributed by atoms with Crippen LogP contribution in [-0.2, 0) is 16.0 Å². The first-order chi connectivity index (χ1) is 15.5. The van der Waals surface area contributed by atoms with E-state index in [4.69, 9.17) is 9.47 Å². The second-order valence-corrected chi connectivity index (χ2v) is 9.00. The number of benzene rings is 1. The van der Waals surface area contributed by atoms with Gasteiger partial charge in [-0.1, -0.05) is 25.5 Å². The Balaban J connectivity index is 1.50. The molecule has 170 valence electrons. The van der Waals surface area contributed by atoms with Gasteiger partial charge in [0, 0.05) is 31.1 Å². The lowest BCUT2D eigenvalue weighted by molar-refractivity contribution is -0.136. The minimum Gasteiger partial charge on any atom is -0.497 e. The Hall–Kier alpha value is -2.89. The highest BCUT2D eigenvalue weighted by Crippen LogP contribution is 2.25. The zero-order valence-electron chi connectivity index (χ0n) is 18.8. The van der Waals surface area contributed by atoms with Gasteiger partial charge in [0.05, 0.1) is 13.2 Å². The maximum absolute atomic E-state index is 12.5. The fourth-order valence-corrected chi connectivity index (χ4v) is 4.78. The second-order valence-electron chi connectivity index (χ2n) is 7.74. The van der Waals surface area contributed by atoms with E-state index in [1.54, 1.807) is 12.0 Å². The molecule has 7 nitrogen and oxygen atoms in total. The molecular formula is C24H29N3O4S. The number of thiophene rings is 1. The average Bonchev–Trinajstić information content (AvgIpc) is 3.19. The molecule has 1 aliphatic rings. The van der Waals surface area contributed by atoms with Crippen molar-refractivity contribution in [2.75, 3.05) is 39.9 Å². The van der Waals surface area contributed by atoms with Crippen LogP contribution in [0, 0.1) is 18.3 Å². The zero-order chi connectivity index (χ0) is 23.1. The van der Waals surface area contributed by atoms with Crippen molar-refractivity contribution in [3.8, 4) is 11.8 Å². The van der Waals surface area contributed by atoms with Crippen LogP contribution >= 0.6 is 11.3 Å². The highest BCUT2D eigenvalue weighted by molar-refractivity contribution is 7.14. The number of hydrogen-bond donors (Lipinski definition) is 0. The Morgan fingerprint density at radius 1 is 1.19 bits per heavy atom. The molecule has 32 heavy (non-hydrogen) atoms. The van der Waals surface area contributed by atoms with Gasteiger partial charge in [-0.25, -0.2) is 4.79 Å². The summed E-state index contributed by atoms with van der Waals surface area (Å²) < 4.78 is 10.5. The largest absolute Gasteiger partial charge is 0.497 e. The summed E-state index contributed by atoms with van der Waals surface area (Å²) in [6.45, 7) is 5.97. The molecule has 3 rings (SSSR count). The summed E-state index contributed by atoms with van der Waals surface area (Å²) in [6, 6.07) is 11.3. The lowest BCUT2D eigenvalue weighted by Gasteiger charge is -2.36. The average molecular weight is 456 g/mol. The summed E-state index contributed by atoms with van der Waals surface area (Å²) >= 11 is 1.41. The van der Waals surface area contributed by atoms with Crippen LogP contribution in [0.5, 0.6) is 5.75 Å². The molecule has 1 saturated heterocycles. The van der Waals surface area contributed by atoms with Gasteiger partial charge in [-0.05, 0) is 42.7 Å². The number of nitrogens with zero attached hydrogens (tertiary/aromatic N) is 3. The molecule has 1 fully saturated rings. The van der Waals surface area contributed by atoms with E-state index in [1.807, 2.05) is 37.3 Å². The summed E-state index contributed by atoms with van der Waals surface area (Å²) in [5, 5.41) is 9.68. The highest BCUT2D eigenvalue weighted by Gasteiger charge is 2.27. The summed E-state index contributed by atoms with van der Waals surface area (Å²) in [7, 11) is 1.61. The third-order valence-electron chi connectivity index (χ3n) is 5.65. The smallest absolute Gasteiger partial charge is 0.348 e. The standard InChI is InChI=1S/C24H29N3O4S/c1-4-5-19-14-22(32-17(19)2)24(29)31-16-23(28)27-12-10-26(11-13-27)21(15-25)18-6-8-20(30-3)9-7-18/h6-9,14,21H,4-5,10-13,16H2,1-3H3. The Bertz CT molecular complexity index is 972. The summed E-state index contributed by atoms with van der Waals surface area (Å²) in [6.07, 6.45) is 1.95. The van der Waals surface area contributed by atoms with Crippen molar-refractivity contribution in [2.45, 2.75) is 32.7 Å². The van der Waals surface area contributed by atoms with Crippen LogP contribution in [0.1, 0.15) is 45.1 Å². The number of carbonyl (C=O) groups is 2. The van der Waals surface area contributed by atoms with Crippen LogP contribution in [-0.4, -0.2) is 61.6 Å². The van der Waals surface area contributed by atoms with E-state index < -0.39 is 5.97 Å². The number of ether oxygens (including phenoxy) is 2. The Labute approximate surface area is 193 Å². The molecular weight excluding hydrogens is 426 g/mol. The Kier molecular flexibility index (Phi) is 8.26.